The average molecular weight is 259 g/mol. The molecule has 2 aromatic rings. The van der Waals surface area contributed by atoms with Crippen LogP contribution in [0.1, 0.15) is 5.69 Å². The highest BCUT2D eigenvalue weighted by molar-refractivity contribution is 5.77. The quantitative estimate of drug-likeness (QED) is 0.858. The lowest BCUT2D eigenvalue weighted by Crippen LogP contribution is -2.05. The van der Waals surface area contributed by atoms with E-state index in [2.05, 4.69) is 9.72 Å². The van der Waals surface area contributed by atoms with Crippen molar-refractivity contribution in [3.8, 4) is 22.6 Å². The number of hydrogen-bond donors (Lipinski definition) is 1. The van der Waals surface area contributed by atoms with E-state index in [0.717, 1.165) is 28.3 Å². The summed E-state index contributed by atoms with van der Waals surface area (Å²) >= 11 is 0. The SMILES string of the molecule is COC(=O)Cc1[nH]ccc1-c1ccc2c(c1)OCO2. The number of fused-ring (bicyclic) bond motifs is 1. The van der Waals surface area contributed by atoms with Gasteiger partial charge in [0.15, 0.2) is 11.5 Å². The summed E-state index contributed by atoms with van der Waals surface area (Å²) in [5.41, 5.74) is 2.76. The summed E-state index contributed by atoms with van der Waals surface area (Å²) in [7, 11) is 1.38. The lowest BCUT2D eigenvalue weighted by molar-refractivity contribution is -0.139. The third kappa shape index (κ3) is 2.14. The molecule has 0 spiro atoms. The van der Waals surface area contributed by atoms with E-state index in [4.69, 9.17) is 9.47 Å². The minimum atomic E-state index is -0.274. The molecule has 2 heterocycles. The molecule has 0 radical (unpaired) electrons. The summed E-state index contributed by atoms with van der Waals surface area (Å²) in [5, 5.41) is 0. The maximum atomic E-state index is 11.4. The summed E-state index contributed by atoms with van der Waals surface area (Å²) in [6.07, 6.45) is 2.02. The molecular formula is C14H13NO4. The first-order valence-electron chi connectivity index (χ1n) is 5.91. The van der Waals surface area contributed by atoms with Crippen molar-refractivity contribution in [1.82, 2.24) is 4.98 Å². The summed E-state index contributed by atoms with van der Waals surface area (Å²) < 4.78 is 15.3. The number of esters is 1. The van der Waals surface area contributed by atoms with Crippen molar-refractivity contribution in [2.24, 2.45) is 0 Å². The molecule has 0 bridgehead atoms. The zero-order chi connectivity index (χ0) is 13.2. The Labute approximate surface area is 110 Å². The van der Waals surface area contributed by atoms with Gasteiger partial charge in [-0.25, -0.2) is 0 Å². The van der Waals surface area contributed by atoms with Gasteiger partial charge in [-0.1, -0.05) is 6.07 Å². The molecule has 0 unspecified atom stereocenters. The maximum Gasteiger partial charge on any atom is 0.311 e. The fourth-order valence-corrected chi connectivity index (χ4v) is 2.10. The Hall–Kier alpha value is -2.43. The number of rotatable bonds is 3. The smallest absolute Gasteiger partial charge is 0.311 e. The van der Waals surface area contributed by atoms with Gasteiger partial charge in [-0.3, -0.25) is 4.79 Å². The van der Waals surface area contributed by atoms with E-state index in [1.165, 1.54) is 7.11 Å². The second-order valence-electron chi connectivity index (χ2n) is 4.19. The predicted molar refractivity (Wildman–Crippen MR) is 68.1 cm³/mol. The largest absolute Gasteiger partial charge is 0.469 e. The number of carbonyl (C=O) groups excluding carboxylic acids is 1. The molecule has 1 aromatic heterocycles. The lowest BCUT2D eigenvalue weighted by atomic mass is 10.0. The van der Waals surface area contributed by atoms with E-state index < -0.39 is 0 Å². The Morgan fingerprint density at radius 2 is 2.16 bits per heavy atom. The maximum absolute atomic E-state index is 11.4. The molecule has 1 aliphatic rings. The Kier molecular flexibility index (Phi) is 2.87. The first-order valence-corrected chi connectivity index (χ1v) is 5.91. The number of ether oxygens (including phenoxy) is 3. The third-order valence-electron chi connectivity index (χ3n) is 3.07. The second kappa shape index (κ2) is 4.68. The number of aromatic nitrogens is 1. The Morgan fingerprint density at radius 3 is 3.00 bits per heavy atom. The fraction of sp³-hybridized carbons (Fsp3) is 0.214. The molecule has 0 saturated heterocycles. The minimum absolute atomic E-state index is 0.216. The number of carbonyl (C=O) groups is 1. The number of methoxy groups -OCH3 is 1. The molecule has 0 saturated carbocycles. The van der Waals surface area contributed by atoms with Crippen LogP contribution in [0, 0.1) is 0 Å². The number of benzene rings is 1. The third-order valence-corrected chi connectivity index (χ3v) is 3.07. The van der Waals surface area contributed by atoms with Crippen LogP contribution in [0.4, 0.5) is 0 Å². The highest BCUT2D eigenvalue weighted by Crippen LogP contribution is 2.36. The zero-order valence-electron chi connectivity index (χ0n) is 10.4. The van der Waals surface area contributed by atoms with Crippen molar-refractivity contribution in [2.45, 2.75) is 6.42 Å². The molecule has 98 valence electrons. The van der Waals surface area contributed by atoms with Gasteiger partial charge in [-0.2, -0.15) is 0 Å². The second-order valence-corrected chi connectivity index (χ2v) is 4.19. The van der Waals surface area contributed by atoms with Crippen LogP contribution in [0.2, 0.25) is 0 Å². The Morgan fingerprint density at radius 1 is 1.32 bits per heavy atom. The molecule has 19 heavy (non-hydrogen) atoms. The van der Waals surface area contributed by atoms with E-state index in [0.29, 0.717) is 0 Å². The van der Waals surface area contributed by atoms with Crippen molar-refractivity contribution in [3.05, 3.63) is 36.2 Å². The van der Waals surface area contributed by atoms with Crippen molar-refractivity contribution in [3.63, 3.8) is 0 Å². The molecular weight excluding hydrogens is 246 g/mol. The zero-order valence-corrected chi connectivity index (χ0v) is 10.4. The molecule has 1 aromatic carbocycles. The number of H-pyrrole nitrogens is 1. The van der Waals surface area contributed by atoms with Gasteiger partial charge in [-0.05, 0) is 23.8 Å². The monoisotopic (exact) mass is 259 g/mol. The van der Waals surface area contributed by atoms with E-state index in [9.17, 15) is 4.79 Å². The first kappa shape index (κ1) is 11.6. The van der Waals surface area contributed by atoms with Crippen molar-refractivity contribution < 1.29 is 19.0 Å². The van der Waals surface area contributed by atoms with Gasteiger partial charge in [0.2, 0.25) is 6.79 Å². The summed E-state index contributed by atoms with van der Waals surface area (Å²) in [6, 6.07) is 7.64. The van der Waals surface area contributed by atoms with Crippen LogP contribution >= 0.6 is 0 Å². The van der Waals surface area contributed by atoms with Gasteiger partial charge >= 0.3 is 5.97 Å². The Bertz CT molecular complexity index is 618. The van der Waals surface area contributed by atoms with Crippen LogP contribution in [0.25, 0.3) is 11.1 Å². The molecule has 5 nitrogen and oxygen atoms in total. The van der Waals surface area contributed by atoms with Crippen LogP contribution in [0.3, 0.4) is 0 Å². The van der Waals surface area contributed by atoms with Crippen molar-refractivity contribution in [1.29, 1.82) is 0 Å². The first-order chi connectivity index (χ1) is 9.28. The molecule has 5 heteroatoms. The van der Waals surface area contributed by atoms with Crippen LogP contribution in [0.15, 0.2) is 30.5 Å². The topological polar surface area (TPSA) is 60.6 Å². The van der Waals surface area contributed by atoms with Gasteiger partial charge in [-0.15, -0.1) is 0 Å². The normalized spacial score (nSPS) is 12.5. The van der Waals surface area contributed by atoms with Crippen LogP contribution < -0.4 is 9.47 Å². The highest BCUT2D eigenvalue weighted by Gasteiger charge is 2.16. The standard InChI is InChI=1S/C14H13NO4/c1-17-14(16)7-11-10(4-5-15-11)9-2-3-12-13(6-9)19-8-18-12/h2-6,15H,7-8H2,1H3. The van der Waals surface area contributed by atoms with Crippen molar-refractivity contribution in [2.75, 3.05) is 13.9 Å². The summed E-state index contributed by atoms with van der Waals surface area (Å²) in [4.78, 5) is 14.4. The number of hydrogen-bond acceptors (Lipinski definition) is 4. The average Bonchev–Trinajstić information content (AvgIpc) is 3.05. The van der Waals surface area contributed by atoms with Crippen LogP contribution in [-0.4, -0.2) is 24.9 Å². The van der Waals surface area contributed by atoms with E-state index in [1.807, 2.05) is 24.3 Å². The van der Waals surface area contributed by atoms with Gasteiger partial charge < -0.3 is 19.2 Å². The molecule has 0 atom stereocenters. The van der Waals surface area contributed by atoms with Gasteiger partial charge in [0.1, 0.15) is 0 Å². The minimum Gasteiger partial charge on any atom is -0.469 e. The van der Waals surface area contributed by atoms with Gasteiger partial charge in [0.05, 0.1) is 13.5 Å². The highest BCUT2D eigenvalue weighted by atomic mass is 16.7. The molecule has 0 amide bonds. The molecule has 1 aliphatic heterocycles. The summed E-state index contributed by atoms with van der Waals surface area (Å²) in [6.45, 7) is 0.251. The van der Waals surface area contributed by atoms with E-state index in [-0.39, 0.29) is 19.2 Å². The number of nitrogens with one attached hydrogen (secondary N) is 1. The van der Waals surface area contributed by atoms with Gasteiger partial charge in [0.25, 0.3) is 0 Å². The molecule has 0 fully saturated rings. The van der Waals surface area contributed by atoms with Crippen molar-refractivity contribution >= 4 is 5.97 Å². The molecule has 1 N–H and O–H groups in total. The fourth-order valence-electron chi connectivity index (χ4n) is 2.10. The predicted octanol–water partition coefficient (Wildman–Crippen LogP) is 2.13. The van der Waals surface area contributed by atoms with Gasteiger partial charge in [0, 0.05) is 17.5 Å². The Balaban J connectivity index is 1.94. The molecule has 0 aliphatic carbocycles. The summed E-state index contributed by atoms with van der Waals surface area (Å²) in [5.74, 6) is 1.20. The van der Waals surface area contributed by atoms with Crippen LogP contribution in [-0.2, 0) is 16.0 Å². The van der Waals surface area contributed by atoms with E-state index >= 15 is 0 Å². The lowest BCUT2D eigenvalue weighted by Gasteiger charge is -2.05. The van der Waals surface area contributed by atoms with Crippen LogP contribution in [0.5, 0.6) is 11.5 Å². The number of aromatic amines is 1. The van der Waals surface area contributed by atoms with E-state index in [1.54, 1.807) is 6.20 Å². The molecule has 3 rings (SSSR count).